The molecule has 1 aliphatic rings. The summed E-state index contributed by atoms with van der Waals surface area (Å²) < 4.78 is 10.5. The molecule has 128 valence electrons. The lowest BCUT2D eigenvalue weighted by atomic mass is 9.81. The van der Waals surface area contributed by atoms with Crippen molar-refractivity contribution in [3.63, 3.8) is 0 Å². The number of aliphatic hydroxyl groups is 1. The van der Waals surface area contributed by atoms with Gasteiger partial charge < -0.3 is 19.9 Å². The molecule has 0 radical (unpaired) electrons. The lowest BCUT2D eigenvalue weighted by Gasteiger charge is -2.35. The largest absolute Gasteiger partial charge is 0.497 e. The van der Waals surface area contributed by atoms with E-state index in [-0.39, 0.29) is 23.8 Å². The minimum Gasteiger partial charge on any atom is -0.497 e. The van der Waals surface area contributed by atoms with Crippen molar-refractivity contribution in [1.29, 1.82) is 0 Å². The summed E-state index contributed by atoms with van der Waals surface area (Å²) in [7, 11) is 1.64. The second-order valence-corrected chi connectivity index (χ2v) is 6.43. The lowest BCUT2D eigenvalue weighted by molar-refractivity contribution is -0.122. The average Bonchev–Trinajstić information content (AvgIpc) is 2.61. The summed E-state index contributed by atoms with van der Waals surface area (Å²) in [5, 5.41) is 12.6. The molecule has 2 rings (SSSR count). The van der Waals surface area contributed by atoms with Gasteiger partial charge in [0.05, 0.1) is 13.7 Å². The Balaban J connectivity index is 1.83. The summed E-state index contributed by atoms with van der Waals surface area (Å²) in [6.07, 6.45) is 2.01. The molecule has 1 aliphatic heterocycles. The molecule has 1 unspecified atom stereocenters. The van der Waals surface area contributed by atoms with Gasteiger partial charge in [-0.3, -0.25) is 4.79 Å². The van der Waals surface area contributed by atoms with E-state index in [2.05, 4.69) is 5.32 Å². The number of hydrogen-bond acceptors (Lipinski definition) is 4. The van der Waals surface area contributed by atoms with E-state index >= 15 is 0 Å². The Labute approximate surface area is 138 Å². The second kappa shape index (κ2) is 8.31. The van der Waals surface area contributed by atoms with Crippen LogP contribution in [-0.2, 0) is 9.53 Å². The van der Waals surface area contributed by atoms with Crippen LogP contribution in [0.5, 0.6) is 5.75 Å². The van der Waals surface area contributed by atoms with E-state index in [0.29, 0.717) is 26.2 Å². The molecule has 0 spiro atoms. The van der Waals surface area contributed by atoms with Gasteiger partial charge in [0.1, 0.15) is 5.75 Å². The lowest BCUT2D eigenvalue weighted by Crippen LogP contribution is -2.43. The summed E-state index contributed by atoms with van der Waals surface area (Å²) in [6.45, 7) is 3.95. The Morgan fingerprint density at radius 3 is 2.57 bits per heavy atom. The van der Waals surface area contributed by atoms with E-state index in [1.54, 1.807) is 7.11 Å². The number of rotatable bonds is 7. The van der Waals surface area contributed by atoms with Gasteiger partial charge in [-0.2, -0.15) is 0 Å². The average molecular weight is 321 g/mol. The maximum Gasteiger partial charge on any atom is 0.220 e. The van der Waals surface area contributed by atoms with Gasteiger partial charge in [0, 0.05) is 31.6 Å². The number of hydrogen-bond donors (Lipinski definition) is 2. The second-order valence-electron chi connectivity index (χ2n) is 6.43. The SMILES string of the molecule is COc1ccc(C(C)CC(=O)NCC2(CO)CCOCC2)cc1. The normalized spacial score (nSPS) is 18.2. The minimum absolute atomic E-state index is 0.0210. The molecular weight excluding hydrogens is 294 g/mol. The third-order valence-electron chi connectivity index (χ3n) is 4.73. The maximum absolute atomic E-state index is 12.2. The van der Waals surface area contributed by atoms with E-state index in [4.69, 9.17) is 9.47 Å². The van der Waals surface area contributed by atoms with E-state index < -0.39 is 0 Å². The van der Waals surface area contributed by atoms with E-state index in [1.807, 2.05) is 31.2 Å². The highest BCUT2D eigenvalue weighted by atomic mass is 16.5. The van der Waals surface area contributed by atoms with Crippen LogP contribution in [0.1, 0.15) is 37.7 Å². The number of carbonyl (C=O) groups is 1. The van der Waals surface area contributed by atoms with Gasteiger partial charge in [0.15, 0.2) is 0 Å². The molecule has 2 N–H and O–H groups in total. The van der Waals surface area contributed by atoms with Crippen molar-refractivity contribution in [2.45, 2.75) is 32.1 Å². The monoisotopic (exact) mass is 321 g/mol. The van der Waals surface area contributed by atoms with Crippen molar-refractivity contribution in [3.8, 4) is 5.75 Å². The number of benzene rings is 1. The first-order valence-electron chi connectivity index (χ1n) is 8.18. The van der Waals surface area contributed by atoms with Gasteiger partial charge in [-0.1, -0.05) is 19.1 Å². The van der Waals surface area contributed by atoms with Gasteiger partial charge in [-0.25, -0.2) is 0 Å². The fraction of sp³-hybridized carbons (Fsp3) is 0.611. The zero-order valence-corrected chi connectivity index (χ0v) is 14.0. The Morgan fingerprint density at radius 2 is 2.00 bits per heavy atom. The third kappa shape index (κ3) is 4.94. The predicted octanol–water partition coefficient (Wildman–Crippen LogP) is 2.09. The van der Waals surface area contributed by atoms with Crippen LogP contribution in [0, 0.1) is 5.41 Å². The fourth-order valence-electron chi connectivity index (χ4n) is 2.88. The standard InChI is InChI=1S/C18H27NO4/c1-14(15-3-5-16(22-2)6-4-15)11-17(21)19-12-18(13-20)7-9-23-10-8-18/h3-6,14,20H,7-13H2,1-2H3,(H,19,21). The van der Waals surface area contributed by atoms with Crippen molar-refractivity contribution < 1.29 is 19.4 Å². The molecule has 1 aromatic carbocycles. The van der Waals surface area contributed by atoms with Crippen LogP contribution < -0.4 is 10.1 Å². The van der Waals surface area contributed by atoms with Gasteiger partial charge in [0.2, 0.25) is 5.91 Å². The van der Waals surface area contributed by atoms with Crippen molar-refractivity contribution in [3.05, 3.63) is 29.8 Å². The first-order chi connectivity index (χ1) is 11.1. The van der Waals surface area contributed by atoms with Crippen LogP contribution >= 0.6 is 0 Å². The highest BCUT2D eigenvalue weighted by Crippen LogP contribution is 2.29. The zero-order chi connectivity index (χ0) is 16.7. The number of amides is 1. The van der Waals surface area contributed by atoms with Crippen molar-refractivity contribution in [1.82, 2.24) is 5.32 Å². The molecule has 5 nitrogen and oxygen atoms in total. The van der Waals surface area contributed by atoms with E-state index in [1.165, 1.54) is 0 Å². The summed E-state index contributed by atoms with van der Waals surface area (Å²) in [4.78, 5) is 12.2. The van der Waals surface area contributed by atoms with Gasteiger partial charge in [-0.05, 0) is 36.5 Å². The molecule has 0 aromatic heterocycles. The Hall–Kier alpha value is -1.59. The number of ether oxygens (including phenoxy) is 2. The quantitative estimate of drug-likeness (QED) is 0.807. The molecular formula is C18H27NO4. The predicted molar refractivity (Wildman–Crippen MR) is 88.6 cm³/mol. The summed E-state index contributed by atoms with van der Waals surface area (Å²) >= 11 is 0. The van der Waals surface area contributed by atoms with Gasteiger partial charge in [-0.15, -0.1) is 0 Å². The number of methoxy groups -OCH3 is 1. The molecule has 1 heterocycles. The summed E-state index contributed by atoms with van der Waals surface area (Å²) in [6, 6.07) is 7.80. The maximum atomic E-state index is 12.2. The molecule has 0 saturated carbocycles. The van der Waals surface area contributed by atoms with Crippen LogP contribution in [0.25, 0.3) is 0 Å². The summed E-state index contributed by atoms with van der Waals surface area (Å²) in [5.41, 5.74) is 0.890. The Bertz CT molecular complexity index is 494. The first kappa shape index (κ1) is 17.8. The van der Waals surface area contributed by atoms with Crippen LogP contribution in [0.4, 0.5) is 0 Å². The highest BCUT2D eigenvalue weighted by molar-refractivity contribution is 5.76. The number of carbonyl (C=O) groups excluding carboxylic acids is 1. The minimum atomic E-state index is -0.225. The van der Waals surface area contributed by atoms with Crippen LogP contribution in [0.15, 0.2) is 24.3 Å². The van der Waals surface area contributed by atoms with E-state index in [9.17, 15) is 9.90 Å². The van der Waals surface area contributed by atoms with Crippen molar-refractivity contribution in [2.24, 2.45) is 5.41 Å². The first-order valence-corrected chi connectivity index (χ1v) is 8.18. The molecule has 1 atom stereocenters. The van der Waals surface area contributed by atoms with Gasteiger partial charge >= 0.3 is 0 Å². The van der Waals surface area contributed by atoms with E-state index in [0.717, 1.165) is 24.2 Å². The number of aliphatic hydroxyl groups excluding tert-OH is 1. The zero-order valence-electron chi connectivity index (χ0n) is 14.0. The van der Waals surface area contributed by atoms with Crippen molar-refractivity contribution >= 4 is 5.91 Å². The number of nitrogens with one attached hydrogen (secondary N) is 1. The molecule has 1 amide bonds. The molecule has 23 heavy (non-hydrogen) atoms. The van der Waals surface area contributed by atoms with Gasteiger partial charge in [0.25, 0.3) is 0 Å². The van der Waals surface area contributed by atoms with Crippen LogP contribution in [0.2, 0.25) is 0 Å². The third-order valence-corrected chi connectivity index (χ3v) is 4.73. The van der Waals surface area contributed by atoms with Crippen molar-refractivity contribution in [2.75, 3.05) is 33.5 Å². The van der Waals surface area contributed by atoms with Crippen LogP contribution in [0.3, 0.4) is 0 Å². The summed E-state index contributed by atoms with van der Waals surface area (Å²) in [5.74, 6) is 0.975. The molecule has 1 fully saturated rings. The Kier molecular flexibility index (Phi) is 6.42. The smallest absolute Gasteiger partial charge is 0.220 e. The van der Waals surface area contributed by atoms with Crippen LogP contribution in [-0.4, -0.2) is 44.5 Å². The highest BCUT2D eigenvalue weighted by Gasteiger charge is 2.32. The Morgan fingerprint density at radius 1 is 1.35 bits per heavy atom. The topological polar surface area (TPSA) is 67.8 Å². The molecule has 1 saturated heterocycles. The molecule has 5 heteroatoms. The molecule has 0 aliphatic carbocycles. The molecule has 0 bridgehead atoms. The fourth-order valence-corrected chi connectivity index (χ4v) is 2.88. The molecule has 1 aromatic rings.